The van der Waals surface area contributed by atoms with Crippen molar-refractivity contribution in [3.05, 3.63) is 54.1 Å². The molecule has 0 bridgehead atoms. The number of aliphatic imine (C=N–C) groups is 1. The van der Waals surface area contributed by atoms with E-state index >= 15 is 0 Å². The van der Waals surface area contributed by atoms with Crippen LogP contribution in [0.5, 0.6) is 0 Å². The van der Waals surface area contributed by atoms with E-state index in [1.807, 2.05) is 12.1 Å². The standard InChI is InChI=1S/C29H37N3O2/c1-28(2,3)30-24-15-19-32(20-16-24)25-13-11-22(12-14-25)21-7-9-23(10-8-21)26-31-29(27(33)34-26)17-5-4-6-18-29/h7-14,24,30H,4-6,15-20H2,1-3H3. The van der Waals surface area contributed by atoms with E-state index in [1.54, 1.807) is 0 Å². The molecule has 2 aromatic carbocycles. The molecule has 0 atom stereocenters. The molecule has 1 N–H and O–H groups in total. The summed E-state index contributed by atoms with van der Waals surface area (Å²) in [7, 11) is 0. The van der Waals surface area contributed by atoms with Gasteiger partial charge < -0.3 is 15.0 Å². The molecule has 5 rings (SSSR count). The van der Waals surface area contributed by atoms with Crippen LogP contribution in [0.15, 0.2) is 53.5 Å². The number of nitrogens with one attached hydrogen (secondary N) is 1. The molecule has 1 aliphatic carbocycles. The zero-order chi connectivity index (χ0) is 23.8. The summed E-state index contributed by atoms with van der Waals surface area (Å²) in [5.41, 5.74) is 4.06. The summed E-state index contributed by atoms with van der Waals surface area (Å²) in [5, 5.41) is 3.74. The quantitative estimate of drug-likeness (QED) is 0.595. The molecular weight excluding hydrogens is 422 g/mol. The summed E-state index contributed by atoms with van der Waals surface area (Å²) in [6, 6.07) is 17.7. The molecule has 0 aromatic heterocycles. The van der Waals surface area contributed by atoms with Crippen LogP contribution in [-0.2, 0) is 9.53 Å². The third-order valence-electron chi connectivity index (χ3n) is 7.40. The summed E-state index contributed by atoms with van der Waals surface area (Å²) >= 11 is 0. The fraction of sp³-hybridized carbons (Fsp3) is 0.517. The first-order valence-corrected chi connectivity index (χ1v) is 12.9. The third-order valence-corrected chi connectivity index (χ3v) is 7.40. The summed E-state index contributed by atoms with van der Waals surface area (Å²) < 4.78 is 5.60. The van der Waals surface area contributed by atoms with E-state index in [0.717, 1.165) is 49.9 Å². The summed E-state index contributed by atoms with van der Waals surface area (Å²) in [6.45, 7) is 8.90. The number of esters is 1. The highest BCUT2D eigenvalue weighted by Gasteiger charge is 2.46. The van der Waals surface area contributed by atoms with Crippen LogP contribution >= 0.6 is 0 Å². The minimum atomic E-state index is -0.626. The molecule has 2 aliphatic heterocycles. The van der Waals surface area contributed by atoms with Gasteiger partial charge in [0.05, 0.1) is 0 Å². The number of anilines is 1. The molecule has 2 fully saturated rings. The maximum atomic E-state index is 12.5. The van der Waals surface area contributed by atoms with Crippen LogP contribution in [0.1, 0.15) is 71.3 Å². The average Bonchev–Trinajstić information content (AvgIpc) is 3.14. The molecule has 0 radical (unpaired) electrons. The van der Waals surface area contributed by atoms with Crippen molar-refractivity contribution in [3.8, 4) is 11.1 Å². The molecule has 2 aromatic rings. The number of hydrogen-bond acceptors (Lipinski definition) is 5. The normalized spacial score (nSPS) is 21.0. The largest absolute Gasteiger partial charge is 0.405 e. The average molecular weight is 460 g/mol. The van der Waals surface area contributed by atoms with Gasteiger partial charge in [-0.25, -0.2) is 9.79 Å². The zero-order valence-corrected chi connectivity index (χ0v) is 20.8. The Morgan fingerprint density at radius 2 is 1.44 bits per heavy atom. The van der Waals surface area contributed by atoms with Gasteiger partial charge in [0.25, 0.3) is 0 Å². The van der Waals surface area contributed by atoms with Crippen LogP contribution in [0.3, 0.4) is 0 Å². The predicted molar refractivity (Wildman–Crippen MR) is 138 cm³/mol. The zero-order valence-electron chi connectivity index (χ0n) is 20.8. The van der Waals surface area contributed by atoms with Crippen molar-refractivity contribution in [1.29, 1.82) is 0 Å². The molecule has 34 heavy (non-hydrogen) atoms. The molecule has 1 saturated heterocycles. The number of hydrogen-bond donors (Lipinski definition) is 1. The van der Waals surface area contributed by atoms with Crippen LogP contribution in [0.25, 0.3) is 11.1 Å². The second-order valence-corrected chi connectivity index (χ2v) is 11.2. The maximum absolute atomic E-state index is 12.5. The highest BCUT2D eigenvalue weighted by atomic mass is 16.6. The lowest BCUT2D eigenvalue weighted by atomic mass is 9.83. The van der Waals surface area contributed by atoms with E-state index in [2.05, 4.69) is 67.4 Å². The van der Waals surface area contributed by atoms with Crippen molar-refractivity contribution in [2.75, 3.05) is 18.0 Å². The lowest BCUT2D eigenvalue weighted by molar-refractivity contribution is -0.140. The van der Waals surface area contributed by atoms with E-state index in [9.17, 15) is 4.79 Å². The van der Waals surface area contributed by atoms with Crippen molar-refractivity contribution in [2.24, 2.45) is 4.99 Å². The minimum Gasteiger partial charge on any atom is -0.405 e. The van der Waals surface area contributed by atoms with Crippen LogP contribution in [0.4, 0.5) is 5.69 Å². The Morgan fingerprint density at radius 3 is 2.03 bits per heavy atom. The van der Waals surface area contributed by atoms with Gasteiger partial charge in [-0.3, -0.25) is 0 Å². The number of rotatable bonds is 4. The van der Waals surface area contributed by atoms with Crippen molar-refractivity contribution in [1.82, 2.24) is 5.32 Å². The number of nitrogens with zero attached hydrogens (tertiary/aromatic N) is 2. The Morgan fingerprint density at radius 1 is 0.882 bits per heavy atom. The number of benzene rings is 2. The van der Waals surface area contributed by atoms with Crippen molar-refractivity contribution >= 4 is 17.6 Å². The topological polar surface area (TPSA) is 53.9 Å². The van der Waals surface area contributed by atoms with E-state index in [0.29, 0.717) is 11.9 Å². The lowest BCUT2D eigenvalue weighted by Crippen LogP contribution is -2.49. The predicted octanol–water partition coefficient (Wildman–Crippen LogP) is 5.72. The van der Waals surface area contributed by atoms with Gasteiger partial charge in [-0.15, -0.1) is 0 Å². The van der Waals surface area contributed by atoms with Crippen LogP contribution < -0.4 is 10.2 Å². The second kappa shape index (κ2) is 9.18. The highest BCUT2D eigenvalue weighted by Crippen LogP contribution is 2.37. The first-order valence-electron chi connectivity index (χ1n) is 12.9. The van der Waals surface area contributed by atoms with Gasteiger partial charge in [0, 0.05) is 35.9 Å². The Hall–Kier alpha value is -2.66. The van der Waals surface area contributed by atoms with Gasteiger partial charge in [-0.2, -0.15) is 0 Å². The van der Waals surface area contributed by atoms with Crippen LogP contribution in [0, 0.1) is 0 Å². The van der Waals surface area contributed by atoms with E-state index < -0.39 is 5.54 Å². The maximum Gasteiger partial charge on any atom is 0.340 e. The van der Waals surface area contributed by atoms with Gasteiger partial charge in [-0.05, 0) is 81.8 Å². The summed E-state index contributed by atoms with van der Waals surface area (Å²) in [6.07, 6.45) is 7.25. The Balaban J connectivity index is 1.23. The van der Waals surface area contributed by atoms with Crippen LogP contribution in [-0.4, -0.2) is 42.1 Å². The Labute approximate surface area is 203 Å². The lowest BCUT2D eigenvalue weighted by Gasteiger charge is -2.37. The SMILES string of the molecule is CC(C)(C)NC1CCN(c2ccc(-c3ccc(C4=NC5(CCCCC5)C(=O)O4)cc3)cc2)CC1. The minimum absolute atomic E-state index is 0.167. The first kappa shape index (κ1) is 23.1. The molecule has 5 nitrogen and oxygen atoms in total. The second-order valence-electron chi connectivity index (χ2n) is 11.2. The molecule has 1 spiro atoms. The molecule has 1 saturated carbocycles. The molecule has 5 heteroatoms. The Kier molecular flexibility index (Phi) is 6.24. The number of piperidine rings is 1. The van der Waals surface area contributed by atoms with E-state index in [1.165, 1.54) is 30.5 Å². The number of carbonyl (C=O) groups is 1. The molecule has 0 amide bonds. The van der Waals surface area contributed by atoms with Gasteiger partial charge in [-0.1, -0.05) is 43.5 Å². The van der Waals surface area contributed by atoms with Crippen molar-refractivity contribution in [2.45, 2.75) is 82.8 Å². The molecule has 2 heterocycles. The van der Waals surface area contributed by atoms with Gasteiger partial charge in [0.2, 0.25) is 5.90 Å². The third kappa shape index (κ3) is 4.90. The number of cyclic esters (lactones) is 1. The van der Waals surface area contributed by atoms with Gasteiger partial charge in [0.1, 0.15) is 0 Å². The molecular formula is C29H37N3O2. The summed E-state index contributed by atoms with van der Waals surface area (Å²) in [4.78, 5) is 19.8. The van der Waals surface area contributed by atoms with Crippen LogP contribution in [0.2, 0.25) is 0 Å². The summed E-state index contributed by atoms with van der Waals surface area (Å²) in [5.74, 6) is 0.318. The number of ether oxygens (including phenoxy) is 1. The molecule has 180 valence electrons. The van der Waals surface area contributed by atoms with E-state index in [4.69, 9.17) is 9.73 Å². The van der Waals surface area contributed by atoms with Gasteiger partial charge >= 0.3 is 5.97 Å². The van der Waals surface area contributed by atoms with Crippen molar-refractivity contribution < 1.29 is 9.53 Å². The fourth-order valence-electron chi connectivity index (χ4n) is 5.59. The Bertz CT molecular complexity index is 1040. The monoisotopic (exact) mass is 459 g/mol. The van der Waals surface area contributed by atoms with Crippen molar-refractivity contribution in [3.63, 3.8) is 0 Å². The first-order chi connectivity index (χ1) is 16.3. The highest BCUT2D eigenvalue weighted by molar-refractivity contribution is 6.08. The molecule has 3 aliphatic rings. The molecule has 0 unspecified atom stereocenters. The smallest absolute Gasteiger partial charge is 0.340 e. The van der Waals surface area contributed by atoms with Gasteiger partial charge in [0.15, 0.2) is 5.54 Å². The van der Waals surface area contributed by atoms with E-state index in [-0.39, 0.29) is 11.5 Å². The fourth-order valence-corrected chi connectivity index (χ4v) is 5.59. The number of carbonyl (C=O) groups excluding carboxylic acids is 1.